The normalized spacial score (nSPS) is 21.4. The van der Waals surface area contributed by atoms with E-state index in [1.54, 1.807) is 26.2 Å². The monoisotopic (exact) mass is 674 g/mol. The van der Waals surface area contributed by atoms with Crippen LogP contribution in [0.4, 0.5) is 11.4 Å². The van der Waals surface area contributed by atoms with Crippen molar-refractivity contribution in [2.75, 3.05) is 82.8 Å². The van der Waals surface area contributed by atoms with Gasteiger partial charge in [-0.3, -0.25) is 29.4 Å². The van der Waals surface area contributed by atoms with Gasteiger partial charge in [-0.2, -0.15) is 0 Å². The van der Waals surface area contributed by atoms with Gasteiger partial charge >= 0.3 is 0 Å². The van der Waals surface area contributed by atoms with E-state index in [1.807, 2.05) is 23.1 Å². The molecule has 4 saturated heterocycles. The molecule has 3 aromatic rings. The molecular weight excluding hydrogens is 632 g/mol. The number of rotatable bonds is 7. The summed E-state index contributed by atoms with van der Waals surface area (Å²) in [6.45, 7) is 7.67. The van der Waals surface area contributed by atoms with Gasteiger partial charge in [0.25, 0.3) is 5.91 Å². The van der Waals surface area contributed by atoms with Crippen molar-refractivity contribution < 1.29 is 23.6 Å². The number of fused-ring (bicyclic) bond motifs is 1. The van der Waals surface area contributed by atoms with Crippen molar-refractivity contribution in [3.63, 3.8) is 0 Å². The number of piperazine rings is 1. The molecule has 0 saturated carbocycles. The molecule has 1 atom stereocenters. The Morgan fingerprint density at radius 2 is 1.69 bits per heavy atom. The van der Waals surface area contributed by atoms with Crippen molar-refractivity contribution in [3.05, 3.63) is 58.8 Å². The number of hydrogen-bond acceptors (Lipinski definition) is 8. The number of nitrogens with one attached hydrogen (secondary N) is 1. The fourth-order valence-corrected chi connectivity index (χ4v) is 7.81. The Bertz CT molecular complexity index is 1720. The minimum Gasteiger partial charge on any atom is -0.449 e. The van der Waals surface area contributed by atoms with Gasteiger partial charge in [0.1, 0.15) is 0 Å². The van der Waals surface area contributed by atoms with Crippen molar-refractivity contribution in [1.82, 2.24) is 20.0 Å². The van der Waals surface area contributed by atoms with Gasteiger partial charge in [-0.15, -0.1) is 0 Å². The maximum Gasteiger partial charge on any atom is 0.289 e. The molecule has 254 valence electrons. The number of likely N-dealkylation sites (tertiary alicyclic amines) is 1. The standard InChI is InChI=1S/C36H43ClN6O5/c1-39(2)36(47)31-18-25-16-27(37)19-30(33(25)48-31)43-21-26(22-43)35(46)42-10-8-23(9-11-42)20-40-12-14-41(15-13-40)28-5-3-4-24(17-28)29-6-7-32(44)38-34(29)45/h3-5,16-19,23,26,29H,6-15,20-22H2,1-2H3,(H,38,44,45). The van der Waals surface area contributed by atoms with E-state index in [0.717, 1.165) is 81.0 Å². The summed E-state index contributed by atoms with van der Waals surface area (Å²) in [6.07, 6.45) is 2.97. The Labute approximate surface area is 285 Å². The largest absolute Gasteiger partial charge is 0.449 e. The van der Waals surface area contributed by atoms with E-state index in [-0.39, 0.29) is 41.2 Å². The summed E-state index contributed by atoms with van der Waals surface area (Å²) in [6, 6.07) is 13.6. The molecule has 12 heteroatoms. The lowest BCUT2D eigenvalue weighted by atomic mass is 9.90. The Hall–Kier alpha value is -4.09. The van der Waals surface area contributed by atoms with Gasteiger partial charge in [-0.25, -0.2) is 0 Å². The molecule has 48 heavy (non-hydrogen) atoms. The molecule has 4 aliphatic rings. The van der Waals surface area contributed by atoms with Crippen molar-refractivity contribution in [2.24, 2.45) is 11.8 Å². The molecule has 1 N–H and O–H groups in total. The average molecular weight is 675 g/mol. The minimum atomic E-state index is -0.268. The first-order valence-electron chi connectivity index (χ1n) is 17.0. The number of carbonyl (C=O) groups excluding carboxylic acids is 4. The molecule has 5 heterocycles. The van der Waals surface area contributed by atoms with E-state index in [0.29, 0.717) is 42.5 Å². The van der Waals surface area contributed by atoms with Crippen LogP contribution in [0.15, 0.2) is 46.9 Å². The number of piperidine rings is 2. The quantitative estimate of drug-likeness (QED) is 0.377. The van der Waals surface area contributed by atoms with Crippen molar-refractivity contribution >= 4 is 57.6 Å². The topological polar surface area (TPSA) is 110 Å². The molecule has 4 amide bonds. The molecule has 0 aliphatic carbocycles. The third kappa shape index (κ3) is 6.62. The summed E-state index contributed by atoms with van der Waals surface area (Å²) in [7, 11) is 3.38. The SMILES string of the molecule is CN(C)C(=O)c1cc2cc(Cl)cc(N3CC(C(=O)N4CCC(CN5CCN(c6cccc(C7CCC(=O)NC7=O)c6)CC5)CC4)C3)c2o1. The second-order valence-electron chi connectivity index (χ2n) is 13.9. The summed E-state index contributed by atoms with van der Waals surface area (Å²) in [5.74, 6) is 0.153. The van der Waals surface area contributed by atoms with E-state index < -0.39 is 0 Å². The molecule has 0 bridgehead atoms. The van der Waals surface area contributed by atoms with Crippen LogP contribution in [0.3, 0.4) is 0 Å². The molecule has 0 spiro atoms. The maximum atomic E-state index is 13.4. The number of anilines is 2. The first-order chi connectivity index (χ1) is 23.1. The van der Waals surface area contributed by atoms with Crippen LogP contribution in [0, 0.1) is 11.8 Å². The highest BCUT2D eigenvalue weighted by molar-refractivity contribution is 6.32. The lowest BCUT2D eigenvalue weighted by Gasteiger charge is -2.44. The first-order valence-corrected chi connectivity index (χ1v) is 17.4. The summed E-state index contributed by atoms with van der Waals surface area (Å²) >= 11 is 6.41. The van der Waals surface area contributed by atoms with Crippen molar-refractivity contribution in [2.45, 2.75) is 31.6 Å². The third-order valence-electron chi connectivity index (χ3n) is 10.4. The highest BCUT2D eigenvalue weighted by Crippen LogP contribution is 2.37. The third-order valence-corrected chi connectivity index (χ3v) is 10.7. The van der Waals surface area contributed by atoms with Gasteiger partial charge in [-0.1, -0.05) is 23.7 Å². The molecule has 4 aliphatic heterocycles. The van der Waals surface area contributed by atoms with Crippen molar-refractivity contribution in [1.29, 1.82) is 0 Å². The number of furan rings is 1. The average Bonchev–Trinajstić information content (AvgIpc) is 3.48. The number of amides is 4. The van der Waals surface area contributed by atoms with Crippen LogP contribution in [-0.4, -0.2) is 111 Å². The van der Waals surface area contributed by atoms with Gasteiger partial charge in [0, 0.05) is 95.5 Å². The van der Waals surface area contributed by atoms with Crippen LogP contribution >= 0.6 is 11.6 Å². The number of halogens is 1. The molecule has 1 aromatic heterocycles. The predicted octanol–water partition coefficient (Wildman–Crippen LogP) is 3.81. The highest BCUT2D eigenvalue weighted by atomic mass is 35.5. The van der Waals surface area contributed by atoms with Crippen LogP contribution in [-0.2, 0) is 14.4 Å². The molecule has 2 aromatic carbocycles. The first kappa shape index (κ1) is 32.5. The van der Waals surface area contributed by atoms with E-state index in [1.165, 1.54) is 4.90 Å². The van der Waals surface area contributed by atoms with Crippen LogP contribution < -0.4 is 15.1 Å². The van der Waals surface area contributed by atoms with Crippen LogP contribution in [0.1, 0.15) is 47.7 Å². The Kier molecular flexibility index (Phi) is 9.08. The predicted molar refractivity (Wildman–Crippen MR) is 184 cm³/mol. The lowest BCUT2D eigenvalue weighted by molar-refractivity contribution is -0.138. The molecule has 7 rings (SSSR count). The van der Waals surface area contributed by atoms with E-state index in [2.05, 4.69) is 32.1 Å². The summed E-state index contributed by atoms with van der Waals surface area (Å²) in [5, 5.41) is 3.82. The number of nitrogens with zero attached hydrogens (tertiary/aromatic N) is 5. The number of imide groups is 1. The number of benzene rings is 2. The summed E-state index contributed by atoms with van der Waals surface area (Å²) in [5.41, 5.74) is 3.55. The van der Waals surface area contributed by atoms with Crippen LogP contribution in [0.5, 0.6) is 0 Å². The zero-order valence-corrected chi connectivity index (χ0v) is 28.4. The van der Waals surface area contributed by atoms with Gasteiger partial charge < -0.3 is 24.0 Å². The summed E-state index contributed by atoms with van der Waals surface area (Å²) in [4.78, 5) is 60.4. The zero-order chi connectivity index (χ0) is 33.5. The highest BCUT2D eigenvalue weighted by Gasteiger charge is 2.38. The van der Waals surface area contributed by atoms with E-state index in [9.17, 15) is 19.2 Å². The second-order valence-corrected chi connectivity index (χ2v) is 14.3. The second kappa shape index (κ2) is 13.4. The molecule has 1 unspecified atom stereocenters. The lowest BCUT2D eigenvalue weighted by Crippen LogP contribution is -2.56. The molecule has 4 fully saturated rings. The number of hydrogen-bond donors (Lipinski definition) is 1. The minimum absolute atomic E-state index is 0.0602. The van der Waals surface area contributed by atoms with Crippen LogP contribution in [0.2, 0.25) is 5.02 Å². The maximum absolute atomic E-state index is 13.4. The summed E-state index contributed by atoms with van der Waals surface area (Å²) < 4.78 is 5.97. The Balaban J connectivity index is 0.866. The fraction of sp³-hybridized carbons (Fsp3) is 0.500. The van der Waals surface area contributed by atoms with Crippen molar-refractivity contribution in [3.8, 4) is 0 Å². The number of carbonyl (C=O) groups is 4. The van der Waals surface area contributed by atoms with E-state index >= 15 is 0 Å². The van der Waals surface area contributed by atoms with Crippen LogP contribution in [0.25, 0.3) is 11.0 Å². The zero-order valence-electron chi connectivity index (χ0n) is 27.6. The van der Waals surface area contributed by atoms with Gasteiger partial charge in [0.2, 0.25) is 17.7 Å². The Morgan fingerprint density at radius 3 is 2.40 bits per heavy atom. The Morgan fingerprint density at radius 1 is 0.938 bits per heavy atom. The molecule has 0 radical (unpaired) electrons. The molecular formula is C36H43ClN6O5. The van der Waals surface area contributed by atoms with Gasteiger partial charge in [0.05, 0.1) is 17.5 Å². The smallest absolute Gasteiger partial charge is 0.289 e. The van der Waals surface area contributed by atoms with Gasteiger partial charge in [0.15, 0.2) is 11.3 Å². The van der Waals surface area contributed by atoms with E-state index in [4.69, 9.17) is 16.0 Å². The fourth-order valence-electron chi connectivity index (χ4n) is 7.59. The van der Waals surface area contributed by atoms with Gasteiger partial charge in [-0.05, 0) is 61.1 Å². The molecule has 11 nitrogen and oxygen atoms in total.